The van der Waals surface area contributed by atoms with Crippen LogP contribution in [0.4, 0.5) is 0 Å². The summed E-state index contributed by atoms with van der Waals surface area (Å²) in [6.45, 7) is 7.78. The van der Waals surface area contributed by atoms with E-state index in [1.807, 2.05) is 7.05 Å². The van der Waals surface area contributed by atoms with Crippen molar-refractivity contribution < 1.29 is 9.90 Å². The molecular formula is C14H30N2O2. The van der Waals surface area contributed by atoms with Gasteiger partial charge in [-0.3, -0.25) is 4.79 Å². The third-order valence-electron chi connectivity index (χ3n) is 3.02. The van der Waals surface area contributed by atoms with E-state index in [-0.39, 0.29) is 23.8 Å². The van der Waals surface area contributed by atoms with Gasteiger partial charge in [0.25, 0.3) is 0 Å². The number of carbonyl (C=O) groups is 1. The highest BCUT2D eigenvalue weighted by molar-refractivity contribution is 5.78. The molecule has 1 atom stereocenters. The minimum Gasteiger partial charge on any atom is -0.396 e. The molecule has 0 aromatic heterocycles. The van der Waals surface area contributed by atoms with Gasteiger partial charge >= 0.3 is 0 Å². The molecule has 108 valence electrons. The maximum atomic E-state index is 12.2. The zero-order chi connectivity index (χ0) is 14.2. The SMILES string of the molecule is CN(CCCCCO)C(=O)C(CN)CC(C)(C)C. The number of nitrogens with two attached hydrogens (primary N) is 1. The molecule has 0 spiro atoms. The summed E-state index contributed by atoms with van der Waals surface area (Å²) in [4.78, 5) is 14.0. The van der Waals surface area contributed by atoms with Crippen molar-refractivity contribution >= 4 is 5.91 Å². The topological polar surface area (TPSA) is 66.6 Å². The normalized spacial score (nSPS) is 13.4. The molecule has 0 saturated heterocycles. The Kier molecular flexibility index (Phi) is 8.20. The van der Waals surface area contributed by atoms with Gasteiger partial charge in [-0.25, -0.2) is 0 Å². The van der Waals surface area contributed by atoms with Crippen LogP contribution in [0.1, 0.15) is 46.5 Å². The zero-order valence-corrected chi connectivity index (χ0v) is 12.4. The van der Waals surface area contributed by atoms with Gasteiger partial charge in [-0.15, -0.1) is 0 Å². The standard InChI is InChI=1S/C14H30N2O2/c1-14(2,3)10-12(11-15)13(18)16(4)8-6-5-7-9-17/h12,17H,5-11,15H2,1-4H3. The van der Waals surface area contributed by atoms with Gasteiger partial charge in [-0.1, -0.05) is 20.8 Å². The van der Waals surface area contributed by atoms with Crippen LogP contribution in [-0.4, -0.2) is 42.7 Å². The highest BCUT2D eigenvalue weighted by atomic mass is 16.2. The molecule has 0 saturated carbocycles. The summed E-state index contributed by atoms with van der Waals surface area (Å²) in [5.41, 5.74) is 5.84. The molecule has 0 aromatic carbocycles. The van der Waals surface area contributed by atoms with Crippen LogP contribution < -0.4 is 5.73 Å². The average Bonchev–Trinajstić information content (AvgIpc) is 2.29. The van der Waals surface area contributed by atoms with Gasteiger partial charge in [0.1, 0.15) is 0 Å². The smallest absolute Gasteiger partial charge is 0.226 e. The van der Waals surface area contributed by atoms with E-state index in [2.05, 4.69) is 20.8 Å². The molecule has 4 heteroatoms. The van der Waals surface area contributed by atoms with Crippen molar-refractivity contribution in [2.45, 2.75) is 46.5 Å². The minimum atomic E-state index is -0.0761. The van der Waals surface area contributed by atoms with E-state index in [9.17, 15) is 4.79 Å². The number of rotatable bonds is 8. The van der Waals surface area contributed by atoms with Crippen LogP contribution in [0.5, 0.6) is 0 Å². The van der Waals surface area contributed by atoms with Gasteiger partial charge < -0.3 is 15.7 Å². The number of aliphatic hydroxyl groups excluding tert-OH is 1. The first-order valence-corrected chi connectivity index (χ1v) is 6.87. The molecule has 1 amide bonds. The Bertz CT molecular complexity index is 236. The predicted octanol–water partition coefficient (Wildman–Crippen LogP) is 1.62. The number of nitrogens with zero attached hydrogens (tertiary/aromatic N) is 1. The molecule has 1 unspecified atom stereocenters. The maximum Gasteiger partial charge on any atom is 0.226 e. The Morgan fingerprint density at radius 1 is 1.28 bits per heavy atom. The van der Waals surface area contributed by atoms with E-state index >= 15 is 0 Å². The third kappa shape index (κ3) is 7.67. The second kappa shape index (κ2) is 8.48. The van der Waals surface area contributed by atoms with Gasteiger partial charge in [0.15, 0.2) is 0 Å². The van der Waals surface area contributed by atoms with Crippen LogP contribution in [-0.2, 0) is 4.79 Å². The van der Waals surface area contributed by atoms with Crippen LogP contribution >= 0.6 is 0 Å². The summed E-state index contributed by atoms with van der Waals surface area (Å²) in [5.74, 6) is 0.0734. The lowest BCUT2D eigenvalue weighted by molar-refractivity contribution is -0.134. The van der Waals surface area contributed by atoms with Crippen LogP contribution in [0.2, 0.25) is 0 Å². The molecular weight excluding hydrogens is 228 g/mol. The first kappa shape index (κ1) is 17.4. The molecule has 0 radical (unpaired) electrons. The Morgan fingerprint density at radius 2 is 1.89 bits per heavy atom. The maximum absolute atomic E-state index is 12.2. The van der Waals surface area contributed by atoms with Crippen LogP contribution in [0.15, 0.2) is 0 Å². The molecule has 0 aliphatic rings. The fourth-order valence-electron chi connectivity index (χ4n) is 2.07. The lowest BCUT2D eigenvalue weighted by atomic mass is 9.84. The van der Waals surface area contributed by atoms with Gasteiger partial charge in [-0.2, -0.15) is 0 Å². The summed E-state index contributed by atoms with van der Waals surface area (Å²) >= 11 is 0. The molecule has 0 heterocycles. The second-order valence-electron chi connectivity index (χ2n) is 6.24. The highest BCUT2D eigenvalue weighted by Crippen LogP contribution is 2.25. The molecule has 0 fully saturated rings. The number of carbonyl (C=O) groups excluding carboxylic acids is 1. The molecule has 0 aliphatic heterocycles. The van der Waals surface area contributed by atoms with E-state index in [4.69, 9.17) is 10.8 Å². The second-order valence-corrected chi connectivity index (χ2v) is 6.24. The Hall–Kier alpha value is -0.610. The van der Waals surface area contributed by atoms with Crippen molar-refractivity contribution in [3.8, 4) is 0 Å². The van der Waals surface area contributed by atoms with Crippen molar-refractivity contribution in [2.75, 3.05) is 26.7 Å². The summed E-state index contributed by atoms with van der Waals surface area (Å²) in [7, 11) is 1.84. The van der Waals surface area contributed by atoms with Crippen LogP contribution in [0.3, 0.4) is 0 Å². The lowest BCUT2D eigenvalue weighted by Crippen LogP contribution is -2.39. The molecule has 18 heavy (non-hydrogen) atoms. The molecule has 0 aliphatic carbocycles. The fraction of sp³-hybridized carbons (Fsp3) is 0.929. The summed E-state index contributed by atoms with van der Waals surface area (Å²) in [5, 5.41) is 8.70. The van der Waals surface area contributed by atoms with Crippen LogP contribution in [0, 0.1) is 11.3 Å². The van der Waals surface area contributed by atoms with Crippen molar-refractivity contribution in [1.82, 2.24) is 4.90 Å². The molecule has 3 N–H and O–H groups in total. The Labute approximate surface area is 112 Å². The monoisotopic (exact) mass is 258 g/mol. The van der Waals surface area contributed by atoms with E-state index in [1.165, 1.54) is 0 Å². The van der Waals surface area contributed by atoms with E-state index in [0.29, 0.717) is 6.54 Å². The number of hydrogen-bond donors (Lipinski definition) is 2. The average molecular weight is 258 g/mol. The molecule has 0 rings (SSSR count). The highest BCUT2D eigenvalue weighted by Gasteiger charge is 2.25. The summed E-state index contributed by atoms with van der Waals surface area (Å²) in [6.07, 6.45) is 3.53. The van der Waals surface area contributed by atoms with E-state index in [1.54, 1.807) is 4.90 Å². The number of amides is 1. The Balaban J connectivity index is 4.15. The van der Waals surface area contributed by atoms with E-state index in [0.717, 1.165) is 32.2 Å². The largest absolute Gasteiger partial charge is 0.396 e. The number of hydrogen-bond acceptors (Lipinski definition) is 3. The summed E-state index contributed by atoms with van der Waals surface area (Å²) in [6, 6.07) is 0. The predicted molar refractivity (Wildman–Crippen MR) is 75.2 cm³/mol. The molecule has 4 nitrogen and oxygen atoms in total. The zero-order valence-electron chi connectivity index (χ0n) is 12.4. The number of unbranched alkanes of at least 4 members (excludes halogenated alkanes) is 2. The van der Waals surface area contributed by atoms with Gasteiger partial charge in [0.05, 0.1) is 5.92 Å². The first-order chi connectivity index (χ1) is 8.31. The quantitative estimate of drug-likeness (QED) is 0.650. The fourth-order valence-corrected chi connectivity index (χ4v) is 2.07. The van der Waals surface area contributed by atoms with Gasteiger partial charge in [-0.05, 0) is 31.1 Å². The van der Waals surface area contributed by atoms with Gasteiger partial charge in [0.2, 0.25) is 5.91 Å². The van der Waals surface area contributed by atoms with Crippen molar-refractivity contribution in [3.05, 3.63) is 0 Å². The summed E-state index contributed by atoms with van der Waals surface area (Å²) < 4.78 is 0. The third-order valence-corrected chi connectivity index (χ3v) is 3.02. The van der Waals surface area contributed by atoms with E-state index < -0.39 is 0 Å². The molecule has 0 aromatic rings. The van der Waals surface area contributed by atoms with Crippen molar-refractivity contribution in [2.24, 2.45) is 17.1 Å². The van der Waals surface area contributed by atoms with Crippen LogP contribution in [0.25, 0.3) is 0 Å². The first-order valence-electron chi connectivity index (χ1n) is 6.87. The van der Waals surface area contributed by atoms with Crippen molar-refractivity contribution in [1.29, 1.82) is 0 Å². The number of aliphatic hydroxyl groups is 1. The Morgan fingerprint density at radius 3 is 2.33 bits per heavy atom. The lowest BCUT2D eigenvalue weighted by Gasteiger charge is -2.28. The van der Waals surface area contributed by atoms with Gasteiger partial charge in [0, 0.05) is 26.7 Å². The molecule has 0 bridgehead atoms. The minimum absolute atomic E-state index is 0.0761. The van der Waals surface area contributed by atoms with Crippen molar-refractivity contribution in [3.63, 3.8) is 0 Å².